The number of aromatic nitrogens is 2. The van der Waals surface area contributed by atoms with Crippen molar-refractivity contribution in [3.63, 3.8) is 0 Å². The Kier molecular flexibility index (Phi) is 3.97. The second-order valence-electron chi connectivity index (χ2n) is 4.34. The first kappa shape index (κ1) is 13.0. The molecule has 18 heavy (non-hydrogen) atoms. The van der Waals surface area contributed by atoms with Gasteiger partial charge < -0.3 is 4.57 Å². The third-order valence-electron chi connectivity index (χ3n) is 2.98. The topological polar surface area (TPSA) is 34.9 Å². The molecule has 1 aromatic heterocycles. The Labute approximate surface area is 115 Å². The first-order chi connectivity index (χ1) is 8.58. The van der Waals surface area contributed by atoms with Crippen LogP contribution in [0, 0.1) is 6.92 Å². The highest BCUT2D eigenvalue weighted by Crippen LogP contribution is 2.18. The van der Waals surface area contributed by atoms with Crippen LogP contribution in [-0.4, -0.2) is 15.3 Å². The Bertz CT molecular complexity index is 575. The summed E-state index contributed by atoms with van der Waals surface area (Å²) < 4.78 is 2.98. The summed E-state index contributed by atoms with van der Waals surface area (Å²) in [7, 11) is 1.94. The van der Waals surface area contributed by atoms with E-state index in [9.17, 15) is 4.79 Å². The molecule has 0 N–H and O–H groups in total. The van der Waals surface area contributed by atoms with Gasteiger partial charge in [-0.15, -0.1) is 0 Å². The molecule has 1 aromatic carbocycles. The number of carbonyl (C=O) groups is 1. The first-order valence-corrected chi connectivity index (χ1v) is 6.63. The number of imidazole rings is 1. The zero-order chi connectivity index (χ0) is 13.1. The molecule has 1 heterocycles. The number of hydrogen-bond acceptors (Lipinski definition) is 2. The average molecular weight is 307 g/mol. The van der Waals surface area contributed by atoms with Crippen molar-refractivity contribution >= 4 is 21.7 Å². The minimum atomic E-state index is 0.161. The van der Waals surface area contributed by atoms with Crippen LogP contribution in [0.4, 0.5) is 0 Å². The first-order valence-electron chi connectivity index (χ1n) is 5.83. The van der Waals surface area contributed by atoms with Crippen LogP contribution in [0.2, 0.25) is 0 Å². The van der Waals surface area contributed by atoms with E-state index in [2.05, 4.69) is 20.9 Å². The van der Waals surface area contributed by atoms with E-state index in [1.807, 2.05) is 42.9 Å². The highest BCUT2D eigenvalue weighted by Gasteiger charge is 2.09. The normalized spacial score (nSPS) is 10.6. The zero-order valence-corrected chi connectivity index (χ0v) is 12.1. The van der Waals surface area contributed by atoms with E-state index in [4.69, 9.17) is 0 Å². The second-order valence-corrected chi connectivity index (χ2v) is 5.20. The molecule has 0 fully saturated rings. The van der Waals surface area contributed by atoms with Crippen LogP contribution in [0.15, 0.2) is 35.1 Å². The Morgan fingerprint density at radius 1 is 1.44 bits per heavy atom. The largest absolute Gasteiger partial charge is 0.338 e. The molecule has 0 bridgehead atoms. The number of Topliss-reactive ketones (excluding diaryl/α,β-unsaturated/α-hetero) is 1. The van der Waals surface area contributed by atoms with Gasteiger partial charge in [-0.05, 0) is 24.6 Å². The van der Waals surface area contributed by atoms with Crippen molar-refractivity contribution in [3.05, 3.63) is 52.0 Å². The minimum absolute atomic E-state index is 0.161. The summed E-state index contributed by atoms with van der Waals surface area (Å²) in [5.41, 5.74) is 1.85. The lowest BCUT2D eigenvalue weighted by Gasteiger charge is -2.04. The van der Waals surface area contributed by atoms with Crippen molar-refractivity contribution < 1.29 is 4.79 Å². The van der Waals surface area contributed by atoms with Crippen LogP contribution in [-0.2, 0) is 13.5 Å². The summed E-state index contributed by atoms with van der Waals surface area (Å²) in [4.78, 5) is 16.3. The fourth-order valence-electron chi connectivity index (χ4n) is 1.83. The Hall–Kier alpha value is -1.42. The Morgan fingerprint density at radius 2 is 2.22 bits per heavy atom. The maximum Gasteiger partial charge on any atom is 0.163 e. The molecule has 0 saturated carbocycles. The van der Waals surface area contributed by atoms with Gasteiger partial charge in [-0.3, -0.25) is 4.79 Å². The smallest absolute Gasteiger partial charge is 0.163 e. The molecule has 0 spiro atoms. The predicted molar refractivity (Wildman–Crippen MR) is 74.7 cm³/mol. The lowest BCUT2D eigenvalue weighted by molar-refractivity contribution is 0.0982. The number of ketones is 1. The number of carbonyl (C=O) groups excluding carboxylic acids is 1. The molecule has 4 heteroatoms. The fraction of sp³-hybridized carbons (Fsp3) is 0.286. The number of hydrogen-bond donors (Lipinski definition) is 0. The number of benzene rings is 1. The van der Waals surface area contributed by atoms with E-state index in [1.165, 1.54) is 0 Å². The van der Waals surface area contributed by atoms with E-state index in [0.717, 1.165) is 21.4 Å². The molecule has 0 radical (unpaired) electrons. The standard InChI is InChI=1S/C14H15BrN2O/c1-10-9-11(3-4-12(10)15)13(18)5-6-14-16-7-8-17(14)2/h3-4,7-9H,5-6H2,1-2H3. The van der Waals surface area contributed by atoms with E-state index >= 15 is 0 Å². The van der Waals surface area contributed by atoms with Crippen molar-refractivity contribution in [3.8, 4) is 0 Å². The fourth-order valence-corrected chi connectivity index (χ4v) is 2.07. The van der Waals surface area contributed by atoms with Gasteiger partial charge in [0, 0.05) is 42.3 Å². The number of nitrogens with zero attached hydrogens (tertiary/aromatic N) is 2. The predicted octanol–water partition coefficient (Wildman–Crippen LogP) is 3.31. The van der Waals surface area contributed by atoms with E-state index in [1.54, 1.807) is 6.20 Å². The molecule has 0 amide bonds. The van der Waals surface area contributed by atoms with Gasteiger partial charge in [-0.2, -0.15) is 0 Å². The van der Waals surface area contributed by atoms with Crippen molar-refractivity contribution in [1.82, 2.24) is 9.55 Å². The number of rotatable bonds is 4. The third-order valence-corrected chi connectivity index (χ3v) is 3.87. The Balaban J connectivity index is 2.04. The summed E-state index contributed by atoms with van der Waals surface area (Å²) >= 11 is 3.43. The average Bonchev–Trinajstić information content (AvgIpc) is 2.75. The van der Waals surface area contributed by atoms with Gasteiger partial charge in [0.2, 0.25) is 0 Å². The number of aryl methyl sites for hydroxylation is 3. The van der Waals surface area contributed by atoms with E-state index in [0.29, 0.717) is 12.8 Å². The van der Waals surface area contributed by atoms with Crippen molar-refractivity contribution in [2.75, 3.05) is 0 Å². The second kappa shape index (κ2) is 5.48. The highest BCUT2D eigenvalue weighted by molar-refractivity contribution is 9.10. The quantitative estimate of drug-likeness (QED) is 0.812. The summed E-state index contributed by atoms with van der Waals surface area (Å²) in [6.07, 6.45) is 4.82. The molecule has 0 aliphatic carbocycles. The third kappa shape index (κ3) is 2.88. The number of halogens is 1. The summed E-state index contributed by atoms with van der Waals surface area (Å²) in [6, 6.07) is 5.70. The van der Waals surface area contributed by atoms with Crippen LogP contribution < -0.4 is 0 Å². The maximum absolute atomic E-state index is 12.1. The Morgan fingerprint density at radius 3 is 2.83 bits per heavy atom. The maximum atomic E-state index is 12.1. The minimum Gasteiger partial charge on any atom is -0.338 e. The molecular weight excluding hydrogens is 292 g/mol. The van der Waals surface area contributed by atoms with E-state index in [-0.39, 0.29) is 5.78 Å². The van der Waals surface area contributed by atoms with Gasteiger partial charge >= 0.3 is 0 Å². The molecule has 3 nitrogen and oxygen atoms in total. The summed E-state index contributed by atoms with van der Waals surface area (Å²) in [5, 5.41) is 0. The van der Waals surface area contributed by atoms with Crippen LogP contribution >= 0.6 is 15.9 Å². The molecule has 0 aliphatic heterocycles. The SMILES string of the molecule is Cc1cc(C(=O)CCc2nccn2C)ccc1Br. The van der Waals surface area contributed by atoms with Crippen molar-refractivity contribution in [2.45, 2.75) is 19.8 Å². The monoisotopic (exact) mass is 306 g/mol. The molecule has 0 aliphatic rings. The van der Waals surface area contributed by atoms with Gasteiger partial charge in [0.25, 0.3) is 0 Å². The van der Waals surface area contributed by atoms with Crippen LogP contribution in [0.3, 0.4) is 0 Å². The van der Waals surface area contributed by atoms with E-state index < -0.39 is 0 Å². The molecule has 94 valence electrons. The highest BCUT2D eigenvalue weighted by atomic mass is 79.9. The molecular formula is C14H15BrN2O. The summed E-state index contributed by atoms with van der Waals surface area (Å²) in [5.74, 6) is 1.10. The van der Waals surface area contributed by atoms with Gasteiger partial charge in [0.05, 0.1) is 0 Å². The lowest BCUT2D eigenvalue weighted by Crippen LogP contribution is -2.05. The molecule has 0 unspecified atom stereocenters. The van der Waals surface area contributed by atoms with Gasteiger partial charge in [0.1, 0.15) is 5.82 Å². The summed E-state index contributed by atoms with van der Waals surface area (Å²) in [6.45, 7) is 1.99. The van der Waals surface area contributed by atoms with Crippen molar-refractivity contribution in [2.24, 2.45) is 7.05 Å². The van der Waals surface area contributed by atoms with Gasteiger partial charge in [-0.25, -0.2) is 4.98 Å². The molecule has 2 aromatic rings. The van der Waals surface area contributed by atoms with Gasteiger partial charge in [0.15, 0.2) is 5.78 Å². The van der Waals surface area contributed by atoms with Crippen LogP contribution in [0.5, 0.6) is 0 Å². The van der Waals surface area contributed by atoms with Gasteiger partial charge in [-0.1, -0.05) is 22.0 Å². The van der Waals surface area contributed by atoms with Crippen LogP contribution in [0.1, 0.15) is 28.2 Å². The zero-order valence-electron chi connectivity index (χ0n) is 10.5. The van der Waals surface area contributed by atoms with Crippen molar-refractivity contribution in [1.29, 1.82) is 0 Å². The van der Waals surface area contributed by atoms with Crippen LogP contribution in [0.25, 0.3) is 0 Å². The molecule has 0 saturated heterocycles. The molecule has 2 rings (SSSR count). The molecule has 0 atom stereocenters. The lowest BCUT2D eigenvalue weighted by atomic mass is 10.0.